The molecule has 0 unspecified atom stereocenters. The van der Waals surface area contributed by atoms with Gasteiger partial charge >= 0.3 is 0 Å². The maximum atomic E-state index is 4.47. The lowest BCUT2D eigenvalue weighted by atomic mass is 10.3. The average molecular weight is 225 g/mol. The standard InChI is InChI=1S/C10H12N2S2/c1-7-12-9(6-13-7)10-3-2-8(14-10)4-5-11/h2-3,6H,4-5,11H2,1H3/p+1. The summed E-state index contributed by atoms with van der Waals surface area (Å²) >= 11 is 3.53. The van der Waals surface area contributed by atoms with Crippen molar-refractivity contribution in [3.05, 3.63) is 27.4 Å². The summed E-state index contributed by atoms with van der Waals surface area (Å²) in [5.74, 6) is 0. The molecule has 0 bridgehead atoms. The van der Waals surface area contributed by atoms with E-state index < -0.39 is 0 Å². The minimum atomic E-state index is 0.968. The Bertz CT molecular complexity index is 417. The third-order valence-electron chi connectivity index (χ3n) is 1.96. The first kappa shape index (κ1) is 9.83. The van der Waals surface area contributed by atoms with Crippen molar-refractivity contribution in [1.82, 2.24) is 4.98 Å². The average Bonchev–Trinajstić information content (AvgIpc) is 2.74. The molecule has 0 aliphatic heterocycles. The first-order chi connectivity index (χ1) is 6.79. The highest BCUT2D eigenvalue weighted by Crippen LogP contribution is 2.28. The minimum Gasteiger partial charge on any atom is -0.357 e. The highest BCUT2D eigenvalue weighted by Gasteiger charge is 2.05. The van der Waals surface area contributed by atoms with Gasteiger partial charge in [-0.05, 0) is 19.1 Å². The van der Waals surface area contributed by atoms with Crippen LogP contribution in [0.2, 0.25) is 0 Å². The summed E-state index contributed by atoms with van der Waals surface area (Å²) in [7, 11) is 0. The van der Waals surface area contributed by atoms with Crippen molar-refractivity contribution in [3.63, 3.8) is 0 Å². The lowest BCUT2D eigenvalue weighted by Crippen LogP contribution is -2.51. The topological polar surface area (TPSA) is 40.5 Å². The quantitative estimate of drug-likeness (QED) is 0.852. The zero-order chi connectivity index (χ0) is 9.97. The highest BCUT2D eigenvalue weighted by molar-refractivity contribution is 7.16. The van der Waals surface area contributed by atoms with Gasteiger partial charge in [0.2, 0.25) is 0 Å². The fourth-order valence-corrected chi connectivity index (χ4v) is 3.00. The zero-order valence-corrected chi connectivity index (χ0v) is 9.75. The Balaban J connectivity index is 2.24. The van der Waals surface area contributed by atoms with E-state index >= 15 is 0 Å². The van der Waals surface area contributed by atoms with Crippen LogP contribution in [-0.2, 0) is 6.42 Å². The van der Waals surface area contributed by atoms with Crippen LogP contribution in [0.5, 0.6) is 0 Å². The maximum Gasteiger partial charge on any atom is 0.0914 e. The minimum absolute atomic E-state index is 0.968. The van der Waals surface area contributed by atoms with E-state index in [1.165, 1.54) is 9.75 Å². The van der Waals surface area contributed by atoms with Crippen LogP contribution in [-0.4, -0.2) is 11.5 Å². The molecule has 0 aromatic carbocycles. The van der Waals surface area contributed by atoms with Crippen molar-refractivity contribution >= 4 is 22.7 Å². The molecule has 0 fully saturated rings. The van der Waals surface area contributed by atoms with E-state index in [2.05, 4.69) is 28.2 Å². The molecule has 2 aromatic rings. The number of hydrogen-bond acceptors (Lipinski definition) is 3. The van der Waals surface area contributed by atoms with Gasteiger partial charge in [-0.2, -0.15) is 0 Å². The summed E-state index contributed by atoms with van der Waals surface area (Å²) in [4.78, 5) is 7.15. The number of hydrogen-bond donors (Lipinski definition) is 1. The normalized spacial score (nSPS) is 10.7. The van der Waals surface area contributed by atoms with Gasteiger partial charge in [-0.25, -0.2) is 4.98 Å². The van der Waals surface area contributed by atoms with Gasteiger partial charge in [0.05, 0.1) is 22.1 Å². The van der Waals surface area contributed by atoms with E-state index in [1.54, 1.807) is 11.3 Å². The second-order valence-corrected chi connectivity index (χ2v) is 5.35. The number of quaternary nitrogens is 1. The molecule has 0 atom stereocenters. The van der Waals surface area contributed by atoms with Crippen LogP contribution in [0.3, 0.4) is 0 Å². The second-order valence-electron chi connectivity index (χ2n) is 3.12. The second kappa shape index (κ2) is 4.21. The molecule has 2 nitrogen and oxygen atoms in total. The molecule has 0 saturated heterocycles. The molecule has 0 radical (unpaired) electrons. The molecule has 2 rings (SSSR count). The van der Waals surface area contributed by atoms with Crippen LogP contribution >= 0.6 is 22.7 Å². The van der Waals surface area contributed by atoms with Gasteiger partial charge in [0, 0.05) is 16.7 Å². The number of aromatic nitrogens is 1. The van der Waals surface area contributed by atoms with E-state index in [1.807, 2.05) is 18.3 Å². The Kier molecular flexibility index (Phi) is 2.96. The van der Waals surface area contributed by atoms with Crippen LogP contribution in [0.25, 0.3) is 10.6 Å². The van der Waals surface area contributed by atoms with Gasteiger partial charge in [0.25, 0.3) is 0 Å². The molecule has 14 heavy (non-hydrogen) atoms. The van der Waals surface area contributed by atoms with E-state index in [-0.39, 0.29) is 0 Å². The molecule has 0 aliphatic carbocycles. The lowest BCUT2D eigenvalue weighted by Gasteiger charge is -1.88. The van der Waals surface area contributed by atoms with Crippen molar-refractivity contribution in [2.24, 2.45) is 0 Å². The smallest absolute Gasteiger partial charge is 0.0914 e. The predicted molar refractivity (Wildman–Crippen MR) is 61.6 cm³/mol. The molecular formula is C10H13N2S2+. The van der Waals surface area contributed by atoms with E-state index in [0.717, 1.165) is 23.7 Å². The van der Waals surface area contributed by atoms with Crippen molar-refractivity contribution in [1.29, 1.82) is 0 Å². The summed E-state index contributed by atoms with van der Waals surface area (Å²) < 4.78 is 0. The zero-order valence-electron chi connectivity index (χ0n) is 8.12. The van der Waals surface area contributed by atoms with Crippen LogP contribution in [0.4, 0.5) is 0 Å². The molecule has 2 heterocycles. The first-order valence-corrected chi connectivity index (χ1v) is 6.29. The predicted octanol–water partition coefficient (Wildman–Crippen LogP) is 1.96. The van der Waals surface area contributed by atoms with Gasteiger partial charge in [-0.1, -0.05) is 0 Å². The summed E-state index contributed by atoms with van der Waals surface area (Å²) in [6.45, 7) is 3.01. The molecule has 74 valence electrons. The van der Waals surface area contributed by atoms with E-state index in [4.69, 9.17) is 0 Å². The van der Waals surface area contributed by atoms with Gasteiger partial charge in [0.1, 0.15) is 0 Å². The monoisotopic (exact) mass is 225 g/mol. The van der Waals surface area contributed by atoms with Crippen molar-refractivity contribution in [3.8, 4) is 10.6 Å². The van der Waals surface area contributed by atoms with Gasteiger partial charge in [0.15, 0.2) is 0 Å². The molecule has 0 spiro atoms. The number of rotatable bonds is 3. The van der Waals surface area contributed by atoms with Crippen LogP contribution in [0.1, 0.15) is 9.88 Å². The number of thiazole rings is 1. The first-order valence-electron chi connectivity index (χ1n) is 4.60. The maximum absolute atomic E-state index is 4.47. The van der Waals surface area contributed by atoms with Crippen molar-refractivity contribution in [2.75, 3.05) is 6.54 Å². The fraction of sp³-hybridized carbons (Fsp3) is 0.300. The number of thiophene rings is 1. The summed E-state index contributed by atoms with van der Waals surface area (Å²) in [5.41, 5.74) is 4.98. The fourth-order valence-electron chi connectivity index (χ4n) is 1.30. The lowest BCUT2D eigenvalue weighted by molar-refractivity contribution is -0.366. The van der Waals surface area contributed by atoms with Gasteiger partial charge < -0.3 is 5.73 Å². The van der Waals surface area contributed by atoms with E-state index in [0.29, 0.717) is 0 Å². The summed E-state index contributed by atoms with van der Waals surface area (Å²) in [6, 6.07) is 4.34. The summed E-state index contributed by atoms with van der Waals surface area (Å²) in [6.07, 6.45) is 1.08. The highest BCUT2D eigenvalue weighted by atomic mass is 32.1. The Morgan fingerprint density at radius 1 is 1.43 bits per heavy atom. The molecule has 4 heteroatoms. The van der Waals surface area contributed by atoms with Crippen LogP contribution in [0.15, 0.2) is 17.5 Å². The Hall–Kier alpha value is -0.710. The molecule has 3 N–H and O–H groups in total. The van der Waals surface area contributed by atoms with Crippen molar-refractivity contribution < 1.29 is 5.73 Å². The SMILES string of the molecule is Cc1nc(-c2ccc(CC[NH3+])s2)cs1. The molecule has 0 aliphatic rings. The largest absolute Gasteiger partial charge is 0.357 e. The number of nitrogens with zero attached hydrogens (tertiary/aromatic N) is 1. The molecule has 0 amide bonds. The van der Waals surface area contributed by atoms with Gasteiger partial charge in [-0.3, -0.25) is 0 Å². The van der Waals surface area contributed by atoms with Crippen molar-refractivity contribution in [2.45, 2.75) is 13.3 Å². The number of aryl methyl sites for hydroxylation is 1. The third-order valence-corrected chi connectivity index (χ3v) is 3.90. The van der Waals surface area contributed by atoms with Gasteiger partial charge in [-0.15, -0.1) is 22.7 Å². The molecule has 0 saturated carbocycles. The Morgan fingerprint density at radius 2 is 2.29 bits per heavy atom. The van der Waals surface area contributed by atoms with Crippen LogP contribution in [0, 0.1) is 6.92 Å². The summed E-state index contributed by atoms with van der Waals surface area (Å²) in [5, 5.41) is 3.25. The third kappa shape index (κ3) is 2.03. The molecular weight excluding hydrogens is 212 g/mol. The molecule has 2 aromatic heterocycles. The van der Waals surface area contributed by atoms with E-state index in [9.17, 15) is 0 Å². The Morgan fingerprint density at radius 3 is 2.93 bits per heavy atom. The Labute approximate surface area is 91.4 Å². The van der Waals surface area contributed by atoms with Crippen LogP contribution < -0.4 is 5.73 Å².